The van der Waals surface area contributed by atoms with Crippen LogP contribution in [-0.2, 0) is 6.54 Å². The zero-order valence-electron chi connectivity index (χ0n) is 11.0. The van der Waals surface area contributed by atoms with Crippen LogP contribution in [0.1, 0.15) is 24.8 Å². The van der Waals surface area contributed by atoms with Gasteiger partial charge in [-0.15, -0.1) is 0 Å². The van der Waals surface area contributed by atoms with Crippen LogP contribution in [0.4, 0.5) is 4.39 Å². The first-order valence-electron chi connectivity index (χ1n) is 7.12. The summed E-state index contributed by atoms with van der Waals surface area (Å²) in [5.41, 5.74) is 1.06. The highest BCUT2D eigenvalue weighted by Gasteiger charge is 2.30. The van der Waals surface area contributed by atoms with Gasteiger partial charge in [0, 0.05) is 19.1 Å². The topological polar surface area (TPSA) is 15.3 Å². The lowest BCUT2D eigenvalue weighted by Gasteiger charge is -2.41. The molecule has 2 nitrogen and oxygen atoms in total. The maximum absolute atomic E-state index is 13.5. The van der Waals surface area contributed by atoms with Crippen LogP contribution in [0.5, 0.6) is 0 Å². The molecule has 2 aliphatic rings. The highest BCUT2D eigenvalue weighted by Crippen LogP contribution is 2.28. The van der Waals surface area contributed by atoms with Crippen molar-refractivity contribution >= 4 is 15.9 Å². The average Bonchev–Trinajstić information content (AvgIpc) is 2.44. The van der Waals surface area contributed by atoms with Crippen molar-refractivity contribution in [2.45, 2.75) is 31.8 Å². The van der Waals surface area contributed by atoms with E-state index in [2.05, 4.69) is 26.1 Å². The molecule has 2 fully saturated rings. The molecule has 2 saturated heterocycles. The molecule has 2 heterocycles. The highest BCUT2D eigenvalue weighted by molar-refractivity contribution is 9.10. The van der Waals surface area contributed by atoms with E-state index in [1.165, 1.54) is 31.9 Å². The summed E-state index contributed by atoms with van der Waals surface area (Å²) in [5, 5.41) is 3.63. The van der Waals surface area contributed by atoms with Crippen molar-refractivity contribution in [3.8, 4) is 0 Å². The van der Waals surface area contributed by atoms with Gasteiger partial charge in [-0.1, -0.05) is 12.1 Å². The molecule has 0 amide bonds. The predicted octanol–water partition coefficient (Wildman–Crippen LogP) is 3.16. The van der Waals surface area contributed by atoms with Gasteiger partial charge in [0.15, 0.2) is 0 Å². The number of hydrogen-bond acceptors (Lipinski definition) is 2. The van der Waals surface area contributed by atoms with Gasteiger partial charge >= 0.3 is 0 Å². The number of nitrogens with one attached hydrogen (secondary N) is 1. The molecule has 0 bridgehead atoms. The van der Waals surface area contributed by atoms with Crippen LogP contribution in [0.3, 0.4) is 0 Å². The number of nitrogens with zero attached hydrogens (tertiary/aromatic N) is 1. The van der Waals surface area contributed by atoms with Crippen LogP contribution >= 0.6 is 15.9 Å². The van der Waals surface area contributed by atoms with Crippen LogP contribution in [0.15, 0.2) is 22.7 Å². The van der Waals surface area contributed by atoms with Crippen molar-refractivity contribution in [2.75, 3.05) is 19.6 Å². The third kappa shape index (κ3) is 3.01. The molecule has 104 valence electrons. The standard InChI is InChI=1S/C15H20BrFN2/c16-15-12(3-1-5-13(15)17)10-19-8-6-14-11(9-19)4-2-7-18-14/h1,3,5,11,14,18H,2,4,6-10H2. The third-order valence-electron chi connectivity index (χ3n) is 4.40. The zero-order chi connectivity index (χ0) is 13.2. The van der Waals surface area contributed by atoms with Crippen molar-refractivity contribution in [3.05, 3.63) is 34.1 Å². The molecule has 1 N–H and O–H groups in total. The van der Waals surface area contributed by atoms with Gasteiger partial charge in [-0.25, -0.2) is 4.39 Å². The molecule has 0 saturated carbocycles. The minimum absolute atomic E-state index is 0.160. The Bertz CT molecular complexity index is 452. The lowest BCUT2D eigenvalue weighted by atomic mass is 9.85. The lowest BCUT2D eigenvalue weighted by molar-refractivity contribution is 0.108. The molecule has 0 aromatic heterocycles. The summed E-state index contributed by atoms with van der Waals surface area (Å²) in [6.45, 7) is 4.27. The molecular formula is C15H20BrFN2. The second-order valence-electron chi connectivity index (χ2n) is 5.70. The van der Waals surface area contributed by atoms with Gasteiger partial charge in [0.1, 0.15) is 5.82 Å². The first-order valence-corrected chi connectivity index (χ1v) is 7.92. The van der Waals surface area contributed by atoms with E-state index in [9.17, 15) is 4.39 Å². The molecule has 2 unspecified atom stereocenters. The summed E-state index contributed by atoms with van der Waals surface area (Å²) in [6, 6.07) is 6.02. The SMILES string of the molecule is Fc1cccc(CN2CCC3NCCCC3C2)c1Br. The van der Waals surface area contributed by atoms with E-state index >= 15 is 0 Å². The van der Waals surface area contributed by atoms with Crippen molar-refractivity contribution < 1.29 is 4.39 Å². The normalized spacial score (nSPS) is 28.1. The zero-order valence-corrected chi connectivity index (χ0v) is 12.6. The molecule has 0 radical (unpaired) electrons. The second kappa shape index (κ2) is 5.90. The van der Waals surface area contributed by atoms with Gasteiger partial charge < -0.3 is 5.32 Å². The van der Waals surface area contributed by atoms with Crippen molar-refractivity contribution in [3.63, 3.8) is 0 Å². The van der Waals surface area contributed by atoms with Crippen LogP contribution in [0.25, 0.3) is 0 Å². The molecule has 1 aromatic carbocycles. The molecule has 1 aromatic rings. The van der Waals surface area contributed by atoms with Gasteiger partial charge in [-0.05, 0) is 65.8 Å². The molecule has 3 rings (SSSR count). The Morgan fingerprint density at radius 2 is 2.26 bits per heavy atom. The quantitative estimate of drug-likeness (QED) is 0.898. The fourth-order valence-corrected chi connectivity index (χ4v) is 3.77. The van der Waals surface area contributed by atoms with Crippen LogP contribution in [0, 0.1) is 11.7 Å². The van der Waals surface area contributed by atoms with Crippen LogP contribution in [-0.4, -0.2) is 30.6 Å². The Kier molecular flexibility index (Phi) is 4.20. The monoisotopic (exact) mass is 326 g/mol. The van der Waals surface area contributed by atoms with E-state index in [0.29, 0.717) is 10.5 Å². The van der Waals surface area contributed by atoms with E-state index in [1.54, 1.807) is 6.07 Å². The Hall–Kier alpha value is -0.450. The number of fused-ring (bicyclic) bond motifs is 1. The minimum atomic E-state index is -0.160. The number of halogens is 2. The highest BCUT2D eigenvalue weighted by atomic mass is 79.9. The largest absolute Gasteiger partial charge is 0.314 e. The Morgan fingerprint density at radius 3 is 3.16 bits per heavy atom. The van der Waals surface area contributed by atoms with E-state index in [0.717, 1.165) is 31.1 Å². The molecule has 0 spiro atoms. The van der Waals surface area contributed by atoms with E-state index in [1.807, 2.05) is 6.07 Å². The number of benzene rings is 1. The first kappa shape index (κ1) is 13.5. The first-order chi connectivity index (χ1) is 9.24. The second-order valence-corrected chi connectivity index (χ2v) is 6.49. The Balaban J connectivity index is 1.66. The molecule has 2 aliphatic heterocycles. The van der Waals surface area contributed by atoms with Gasteiger partial charge in [0.2, 0.25) is 0 Å². The lowest BCUT2D eigenvalue weighted by Crippen LogP contribution is -2.51. The van der Waals surface area contributed by atoms with Gasteiger partial charge in [-0.3, -0.25) is 4.90 Å². The summed E-state index contributed by atoms with van der Waals surface area (Å²) in [6.07, 6.45) is 3.84. The van der Waals surface area contributed by atoms with Crippen LogP contribution in [0.2, 0.25) is 0 Å². The average molecular weight is 327 g/mol. The maximum atomic E-state index is 13.5. The minimum Gasteiger partial charge on any atom is -0.314 e. The summed E-state index contributed by atoms with van der Waals surface area (Å²) >= 11 is 3.36. The van der Waals surface area contributed by atoms with Crippen molar-refractivity contribution in [1.29, 1.82) is 0 Å². The van der Waals surface area contributed by atoms with E-state index in [4.69, 9.17) is 0 Å². The molecule has 2 atom stereocenters. The number of likely N-dealkylation sites (tertiary alicyclic amines) is 1. The Morgan fingerprint density at radius 1 is 1.37 bits per heavy atom. The molecule has 4 heteroatoms. The van der Waals surface area contributed by atoms with Gasteiger partial charge in [-0.2, -0.15) is 0 Å². The number of piperidine rings is 2. The van der Waals surface area contributed by atoms with Crippen LogP contribution < -0.4 is 5.32 Å². The Labute approximate surface area is 122 Å². The summed E-state index contributed by atoms with van der Waals surface area (Å²) in [4.78, 5) is 2.47. The van der Waals surface area contributed by atoms with Gasteiger partial charge in [0.05, 0.1) is 4.47 Å². The fourth-order valence-electron chi connectivity index (χ4n) is 3.38. The van der Waals surface area contributed by atoms with Crippen molar-refractivity contribution in [1.82, 2.24) is 10.2 Å². The molecule has 0 aliphatic carbocycles. The summed E-state index contributed by atoms with van der Waals surface area (Å²) in [7, 11) is 0. The third-order valence-corrected chi connectivity index (χ3v) is 5.29. The predicted molar refractivity (Wildman–Crippen MR) is 78.5 cm³/mol. The van der Waals surface area contributed by atoms with Crippen molar-refractivity contribution in [2.24, 2.45) is 5.92 Å². The molecule has 19 heavy (non-hydrogen) atoms. The molecular weight excluding hydrogens is 307 g/mol. The summed E-state index contributed by atoms with van der Waals surface area (Å²) in [5.74, 6) is 0.613. The maximum Gasteiger partial charge on any atom is 0.137 e. The fraction of sp³-hybridized carbons (Fsp3) is 0.600. The smallest absolute Gasteiger partial charge is 0.137 e. The number of hydrogen-bond donors (Lipinski definition) is 1. The summed E-state index contributed by atoms with van der Waals surface area (Å²) < 4.78 is 14.2. The van der Waals surface area contributed by atoms with Gasteiger partial charge in [0.25, 0.3) is 0 Å². The number of rotatable bonds is 2. The van der Waals surface area contributed by atoms with E-state index < -0.39 is 0 Å². The van der Waals surface area contributed by atoms with E-state index in [-0.39, 0.29) is 5.82 Å².